The molecule has 2 fully saturated rings. The molecule has 0 atom stereocenters. The van der Waals surface area contributed by atoms with Gasteiger partial charge < -0.3 is 15.4 Å². The molecule has 1 aliphatic carbocycles. The molecule has 4 nitrogen and oxygen atoms in total. The molecule has 4 heteroatoms. The van der Waals surface area contributed by atoms with Crippen LogP contribution >= 0.6 is 0 Å². The molecule has 1 heterocycles. The van der Waals surface area contributed by atoms with Crippen LogP contribution in [0.4, 0.5) is 0 Å². The van der Waals surface area contributed by atoms with Crippen molar-refractivity contribution in [2.24, 2.45) is 11.7 Å². The van der Waals surface area contributed by atoms with E-state index in [1.807, 2.05) is 0 Å². The topological polar surface area (TPSA) is 55.6 Å². The molecule has 0 bridgehead atoms. The Balaban J connectivity index is 1.63. The first kappa shape index (κ1) is 15.8. The molecular formula is C16H30N2O2. The van der Waals surface area contributed by atoms with Crippen molar-refractivity contribution in [1.82, 2.24) is 4.90 Å². The van der Waals surface area contributed by atoms with Gasteiger partial charge in [-0.15, -0.1) is 0 Å². The van der Waals surface area contributed by atoms with E-state index in [0.29, 0.717) is 24.5 Å². The summed E-state index contributed by atoms with van der Waals surface area (Å²) in [6, 6.07) is 0. The zero-order chi connectivity index (χ0) is 14.2. The third kappa shape index (κ3) is 5.06. The first-order valence-corrected chi connectivity index (χ1v) is 8.39. The van der Waals surface area contributed by atoms with E-state index in [4.69, 9.17) is 10.5 Å². The summed E-state index contributed by atoms with van der Waals surface area (Å²) in [5.41, 5.74) is 5.46. The first-order chi connectivity index (χ1) is 9.79. The van der Waals surface area contributed by atoms with Gasteiger partial charge in [-0.05, 0) is 44.6 Å². The van der Waals surface area contributed by atoms with Gasteiger partial charge in [0, 0.05) is 26.1 Å². The van der Waals surface area contributed by atoms with Gasteiger partial charge in [0.25, 0.3) is 0 Å². The van der Waals surface area contributed by atoms with Crippen LogP contribution in [-0.2, 0) is 9.53 Å². The molecule has 1 saturated carbocycles. The highest BCUT2D eigenvalue weighted by Gasteiger charge is 2.25. The van der Waals surface area contributed by atoms with Gasteiger partial charge >= 0.3 is 0 Å². The highest BCUT2D eigenvalue weighted by molar-refractivity contribution is 5.76. The van der Waals surface area contributed by atoms with Crippen LogP contribution in [0.15, 0.2) is 0 Å². The number of nitrogens with zero attached hydrogens (tertiary/aromatic N) is 1. The Morgan fingerprint density at radius 1 is 1.10 bits per heavy atom. The molecule has 1 saturated heterocycles. The Labute approximate surface area is 123 Å². The lowest BCUT2D eigenvalue weighted by atomic mass is 9.86. The largest absolute Gasteiger partial charge is 0.378 e. The van der Waals surface area contributed by atoms with Crippen LogP contribution in [0.3, 0.4) is 0 Å². The fraction of sp³-hybridized carbons (Fsp3) is 0.938. The molecule has 1 aliphatic heterocycles. The van der Waals surface area contributed by atoms with Gasteiger partial charge in [0.15, 0.2) is 0 Å². The lowest BCUT2D eigenvalue weighted by Gasteiger charge is -2.33. The summed E-state index contributed by atoms with van der Waals surface area (Å²) in [6.45, 7) is 3.20. The minimum atomic E-state index is 0.334. The summed E-state index contributed by atoms with van der Waals surface area (Å²) in [4.78, 5) is 14.4. The van der Waals surface area contributed by atoms with Gasteiger partial charge in [0.1, 0.15) is 0 Å². The fourth-order valence-electron chi connectivity index (χ4n) is 3.37. The van der Waals surface area contributed by atoms with Gasteiger partial charge in [-0.2, -0.15) is 0 Å². The van der Waals surface area contributed by atoms with Crippen LogP contribution in [0, 0.1) is 5.92 Å². The Morgan fingerprint density at radius 3 is 2.45 bits per heavy atom. The molecule has 116 valence electrons. The maximum absolute atomic E-state index is 12.3. The van der Waals surface area contributed by atoms with Crippen molar-refractivity contribution >= 4 is 5.91 Å². The zero-order valence-electron chi connectivity index (χ0n) is 12.7. The van der Waals surface area contributed by atoms with E-state index < -0.39 is 0 Å². The molecule has 2 N–H and O–H groups in total. The molecule has 2 aliphatic rings. The van der Waals surface area contributed by atoms with Crippen LogP contribution in [0.1, 0.15) is 57.8 Å². The number of piperidine rings is 1. The lowest BCUT2D eigenvalue weighted by molar-refractivity contribution is -0.135. The highest BCUT2D eigenvalue weighted by Crippen LogP contribution is 2.27. The first-order valence-electron chi connectivity index (χ1n) is 8.39. The molecule has 0 aromatic heterocycles. The van der Waals surface area contributed by atoms with Gasteiger partial charge in [0.05, 0.1) is 6.10 Å². The minimum absolute atomic E-state index is 0.334. The van der Waals surface area contributed by atoms with Crippen LogP contribution < -0.4 is 5.73 Å². The molecule has 0 spiro atoms. The van der Waals surface area contributed by atoms with E-state index in [0.717, 1.165) is 45.4 Å². The van der Waals surface area contributed by atoms with Gasteiger partial charge in [-0.1, -0.05) is 19.3 Å². The van der Waals surface area contributed by atoms with Gasteiger partial charge in [0.2, 0.25) is 5.91 Å². The van der Waals surface area contributed by atoms with E-state index in [-0.39, 0.29) is 0 Å². The highest BCUT2D eigenvalue weighted by atomic mass is 16.5. The van der Waals surface area contributed by atoms with E-state index in [9.17, 15) is 4.79 Å². The van der Waals surface area contributed by atoms with E-state index in [1.54, 1.807) is 0 Å². The number of hydrogen-bond acceptors (Lipinski definition) is 3. The smallest absolute Gasteiger partial charge is 0.222 e. The third-order valence-electron chi connectivity index (χ3n) is 4.68. The van der Waals surface area contributed by atoms with Gasteiger partial charge in [-0.3, -0.25) is 4.79 Å². The predicted molar refractivity (Wildman–Crippen MR) is 80.4 cm³/mol. The minimum Gasteiger partial charge on any atom is -0.378 e. The van der Waals surface area contributed by atoms with Crippen LogP contribution in [-0.4, -0.2) is 43.2 Å². The van der Waals surface area contributed by atoms with Crippen molar-refractivity contribution in [3.63, 3.8) is 0 Å². The number of ether oxygens (including phenoxy) is 1. The Bertz CT molecular complexity index is 282. The number of nitrogens with two attached hydrogens (primary N) is 1. The maximum atomic E-state index is 12.3. The second-order valence-corrected chi connectivity index (χ2v) is 6.30. The molecule has 0 aromatic rings. The van der Waals surface area contributed by atoms with Crippen LogP contribution in [0.5, 0.6) is 0 Å². The van der Waals surface area contributed by atoms with E-state index in [2.05, 4.69) is 4.90 Å². The Hall–Kier alpha value is -0.610. The van der Waals surface area contributed by atoms with Crippen molar-refractivity contribution in [3.05, 3.63) is 0 Å². The average molecular weight is 282 g/mol. The molecule has 1 amide bonds. The molecule has 0 unspecified atom stereocenters. The SMILES string of the molecule is NCCCOC1CCN(C(=O)CC2CCCCC2)CC1. The van der Waals surface area contributed by atoms with Crippen molar-refractivity contribution in [1.29, 1.82) is 0 Å². The van der Waals surface area contributed by atoms with Crippen molar-refractivity contribution in [2.75, 3.05) is 26.2 Å². The molecule has 0 radical (unpaired) electrons. The monoisotopic (exact) mass is 282 g/mol. The normalized spacial score (nSPS) is 22.1. The predicted octanol–water partition coefficient (Wildman–Crippen LogP) is 2.31. The number of rotatable bonds is 6. The third-order valence-corrected chi connectivity index (χ3v) is 4.68. The van der Waals surface area contributed by atoms with E-state index in [1.165, 1.54) is 32.1 Å². The summed E-state index contributed by atoms with van der Waals surface area (Å²) in [5, 5.41) is 0. The quantitative estimate of drug-likeness (QED) is 0.761. The lowest BCUT2D eigenvalue weighted by Crippen LogP contribution is -2.41. The fourth-order valence-corrected chi connectivity index (χ4v) is 3.37. The standard InChI is InChI=1S/C16H30N2O2/c17-9-4-12-20-15-7-10-18(11-8-15)16(19)13-14-5-2-1-3-6-14/h14-15H,1-13,17H2. The molecule has 0 aromatic carbocycles. The molecular weight excluding hydrogens is 252 g/mol. The number of hydrogen-bond donors (Lipinski definition) is 1. The number of carbonyl (C=O) groups excluding carboxylic acids is 1. The molecule has 2 rings (SSSR count). The summed E-state index contributed by atoms with van der Waals surface area (Å²) >= 11 is 0. The second-order valence-electron chi connectivity index (χ2n) is 6.30. The van der Waals surface area contributed by atoms with Gasteiger partial charge in [-0.25, -0.2) is 0 Å². The van der Waals surface area contributed by atoms with E-state index >= 15 is 0 Å². The van der Waals surface area contributed by atoms with Crippen molar-refractivity contribution in [2.45, 2.75) is 63.9 Å². The van der Waals surface area contributed by atoms with Crippen LogP contribution in [0.25, 0.3) is 0 Å². The summed E-state index contributed by atoms with van der Waals surface area (Å²) in [5.74, 6) is 1.02. The maximum Gasteiger partial charge on any atom is 0.222 e. The number of amides is 1. The number of carbonyl (C=O) groups is 1. The summed E-state index contributed by atoms with van der Waals surface area (Å²) < 4.78 is 5.78. The Morgan fingerprint density at radius 2 is 1.80 bits per heavy atom. The zero-order valence-corrected chi connectivity index (χ0v) is 12.7. The second kappa shape index (κ2) is 8.63. The van der Waals surface area contributed by atoms with Crippen LogP contribution in [0.2, 0.25) is 0 Å². The number of likely N-dealkylation sites (tertiary alicyclic amines) is 1. The average Bonchev–Trinajstić information content (AvgIpc) is 2.49. The summed E-state index contributed by atoms with van der Waals surface area (Å²) in [7, 11) is 0. The molecule has 20 heavy (non-hydrogen) atoms. The summed E-state index contributed by atoms with van der Waals surface area (Å²) in [6.07, 6.45) is 10.5. The Kier molecular flexibility index (Phi) is 6.80. The van der Waals surface area contributed by atoms with Crippen molar-refractivity contribution < 1.29 is 9.53 Å². The van der Waals surface area contributed by atoms with Crippen molar-refractivity contribution in [3.8, 4) is 0 Å².